The van der Waals surface area contributed by atoms with Crippen molar-refractivity contribution in [1.82, 2.24) is 18.0 Å². The van der Waals surface area contributed by atoms with Crippen molar-refractivity contribution >= 4 is 38.7 Å². The van der Waals surface area contributed by atoms with Crippen LogP contribution in [0.15, 0.2) is 23.1 Å². The van der Waals surface area contributed by atoms with Crippen molar-refractivity contribution in [3.8, 4) is 0 Å². The topological polar surface area (TPSA) is 83.5 Å². The molecule has 1 aromatic heterocycles. The quantitative estimate of drug-likeness (QED) is 0.789. The highest BCUT2D eigenvalue weighted by Crippen LogP contribution is 2.25. The fourth-order valence-electron chi connectivity index (χ4n) is 3.17. The van der Waals surface area contributed by atoms with Gasteiger partial charge in [0.2, 0.25) is 15.9 Å². The monoisotopic (exact) mass is 382 g/mol. The molecule has 9 heteroatoms. The summed E-state index contributed by atoms with van der Waals surface area (Å²) in [6.07, 6.45) is 1.62. The van der Waals surface area contributed by atoms with Gasteiger partial charge in [-0.2, -0.15) is 13.1 Å². The first-order chi connectivity index (χ1) is 12.0. The Morgan fingerprint density at radius 3 is 2.48 bits per heavy atom. The van der Waals surface area contributed by atoms with Gasteiger partial charge in [0.05, 0.1) is 11.7 Å². The van der Waals surface area contributed by atoms with Crippen molar-refractivity contribution < 1.29 is 13.2 Å². The second-order valence-corrected chi connectivity index (χ2v) is 8.57. The molecule has 25 heavy (non-hydrogen) atoms. The molecule has 0 radical (unpaired) electrons. The van der Waals surface area contributed by atoms with Crippen molar-refractivity contribution in [2.45, 2.75) is 31.6 Å². The second-order valence-electron chi connectivity index (χ2n) is 6.13. The summed E-state index contributed by atoms with van der Waals surface area (Å²) in [4.78, 5) is 14.4. The Labute approximate surface area is 152 Å². The summed E-state index contributed by atoms with van der Waals surface area (Å²) in [6.45, 7) is 5.49. The zero-order chi connectivity index (χ0) is 18.0. The number of hydrogen-bond donors (Lipinski definition) is 0. The van der Waals surface area contributed by atoms with Gasteiger partial charge in [0.1, 0.15) is 15.9 Å². The molecule has 0 bridgehead atoms. The minimum atomic E-state index is -3.64. The average molecular weight is 383 g/mol. The number of nitrogens with zero attached hydrogens (tertiary/aromatic N) is 4. The first kappa shape index (κ1) is 18.2. The number of fused-ring (bicyclic) bond motifs is 1. The molecule has 0 N–H and O–H groups in total. The van der Waals surface area contributed by atoms with Crippen LogP contribution in [0.4, 0.5) is 0 Å². The lowest BCUT2D eigenvalue weighted by Gasteiger charge is -2.35. The van der Waals surface area contributed by atoms with Gasteiger partial charge in [-0.15, -0.1) is 0 Å². The number of amides is 1. The molecule has 3 rings (SSSR count). The van der Waals surface area contributed by atoms with E-state index in [1.807, 2.05) is 13.8 Å². The lowest BCUT2D eigenvalue weighted by molar-refractivity contribution is -0.136. The number of carbonyl (C=O) groups is 1. The number of piperazine rings is 1. The van der Waals surface area contributed by atoms with Crippen LogP contribution >= 0.6 is 11.7 Å². The molecule has 1 aromatic carbocycles. The van der Waals surface area contributed by atoms with Crippen LogP contribution in [0.3, 0.4) is 0 Å². The van der Waals surface area contributed by atoms with Gasteiger partial charge >= 0.3 is 0 Å². The predicted molar refractivity (Wildman–Crippen MR) is 96.8 cm³/mol. The van der Waals surface area contributed by atoms with E-state index in [1.165, 1.54) is 4.31 Å². The molecule has 1 fully saturated rings. The SMILES string of the molecule is CCC(CC)C(=O)N1CCN(S(=O)(=O)c2cccc3nsnc23)CC1. The van der Waals surface area contributed by atoms with E-state index in [4.69, 9.17) is 0 Å². The highest BCUT2D eigenvalue weighted by atomic mass is 32.2. The van der Waals surface area contributed by atoms with E-state index < -0.39 is 10.0 Å². The van der Waals surface area contributed by atoms with Gasteiger partial charge in [0.15, 0.2) is 0 Å². The molecule has 1 amide bonds. The van der Waals surface area contributed by atoms with Crippen LogP contribution in [0.25, 0.3) is 11.0 Å². The summed E-state index contributed by atoms with van der Waals surface area (Å²) >= 11 is 1.01. The molecule has 0 unspecified atom stereocenters. The number of rotatable bonds is 5. The molecule has 1 saturated heterocycles. The summed E-state index contributed by atoms with van der Waals surface area (Å²) < 4.78 is 35.6. The third kappa shape index (κ3) is 3.40. The van der Waals surface area contributed by atoms with Gasteiger partial charge in [-0.05, 0) is 25.0 Å². The highest BCUT2D eigenvalue weighted by molar-refractivity contribution is 7.89. The first-order valence-electron chi connectivity index (χ1n) is 8.49. The van der Waals surface area contributed by atoms with Crippen LogP contribution in [0.2, 0.25) is 0 Å². The van der Waals surface area contributed by atoms with Crippen molar-refractivity contribution in [2.75, 3.05) is 26.2 Å². The van der Waals surface area contributed by atoms with Crippen LogP contribution in [-0.2, 0) is 14.8 Å². The Morgan fingerprint density at radius 1 is 1.16 bits per heavy atom. The standard InChI is InChI=1S/C16H22N4O3S2/c1-3-12(4-2)16(21)19-8-10-20(11-9-19)25(22,23)14-7-5-6-13-15(14)18-24-17-13/h5-7,12H,3-4,8-11H2,1-2H3. The Kier molecular flexibility index (Phi) is 5.35. The molecule has 7 nitrogen and oxygen atoms in total. The third-order valence-corrected chi connectivity index (χ3v) is 7.22. The maximum atomic E-state index is 13.0. The number of benzene rings is 1. The van der Waals surface area contributed by atoms with E-state index in [2.05, 4.69) is 8.75 Å². The van der Waals surface area contributed by atoms with Gasteiger partial charge in [-0.25, -0.2) is 8.42 Å². The molecule has 2 aromatic rings. The maximum Gasteiger partial charge on any atom is 0.245 e. The van der Waals surface area contributed by atoms with Crippen molar-refractivity contribution in [3.05, 3.63) is 18.2 Å². The van der Waals surface area contributed by atoms with Gasteiger partial charge in [-0.1, -0.05) is 19.9 Å². The Morgan fingerprint density at radius 2 is 1.84 bits per heavy atom. The van der Waals surface area contributed by atoms with E-state index in [-0.39, 0.29) is 16.7 Å². The van der Waals surface area contributed by atoms with E-state index >= 15 is 0 Å². The smallest absolute Gasteiger partial charge is 0.245 e. The fourth-order valence-corrected chi connectivity index (χ4v) is 5.35. The normalized spacial score (nSPS) is 16.7. The van der Waals surface area contributed by atoms with Crippen LogP contribution < -0.4 is 0 Å². The van der Waals surface area contributed by atoms with Crippen molar-refractivity contribution in [2.24, 2.45) is 5.92 Å². The van der Waals surface area contributed by atoms with Crippen LogP contribution in [0.1, 0.15) is 26.7 Å². The summed E-state index contributed by atoms with van der Waals surface area (Å²) in [7, 11) is -3.64. The zero-order valence-electron chi connectivity index (χ0n) is 14.4. The van der Waals surface area contributed by atoms with Gasteiger partial charge < -0.3 is 4.90 Å². The molecular weight excluding hydrogens is 360 g/mol. The zero-order valence-corrected chi connectivity index (χ0v) is 16.0. The number of hydrogen-bond acceptors (Lipinski definition) is 6. The predicted octanol–water partition coefficient (Wildman–Crippen LogP) is 1.96. The fraction of sp³-hybridized carbons (Fsp3) is 0.562. The molecule has 1 aliphatic rings. The van der Waals surface area contributed by atoms with Gasteiger partial charge in [0.25, 0.3) is 0 Å². The summed E-state index contributed by atoms with van der Waals surface area (Å²) in [6, 6.07) is 5.01. The Bertz CT molecular complexity index is 853. The van der Waals surface area contributed by atoms with E-state index in [9.17, 15) is 13.2 Å². The lowest BCUT2D eigenvalue weighted by atomic mass is 10.0. The van der Waals surface area contributed by atoms with Crippen molar-refractivity contribution in [3.63, 3.8) is 0 Å². The lowest BCUT2D eigenvalue weighted by Crippen LogP contribution is -2.51. The van der Waals surface area contributed by atoms with Gasteiger partial charge in [0, 0.05) is 32.1 Å². The third-order valence-electron chi connectivity index (χ3n) is 4.75. The minimum absolute atomic E-state index is 0.0259. The second kappa shape index (κ2) is 7.35. The summed E-state index contributed by atoms with van der Waals surface area (Å²) in [5, 5.41) is 0. The highest BCUT2D eigenvalue weighted by Gasteiger charge is 2.33. The van der Waals surface area contributed by atoms with Crippen LogP contribution in [0.5, 0.6) is 0 Å². The maximum absolute atomic E-state index is 13.0. The molecule has 0 spiro atoms. The minimum Gasteiger partial charge on any atom is -0.340 e. The Balaban J connectivity index is 1.76. The number of carbonyl (C=O) groups excluding carboxylic acids is 1. The number of aromatic nitrogens is 2. The molecular formula is C16H22N4O3S2. The van der Waals surface area contributed by atoms with E-state index in [1.54, 1.807) is 23.1 Å². The van der Waals surface area contributed by atoms with Crippen LogP contribution in [-0.4, -0.2) is 58.5 Å². The molecule has 136 valence electrons. The average Bonchev–Trinajstić information content (AvgIpc) is 3.11. The molecule has 0 atom stereocenters. The Hall–Kier alpha value is -1.58. The van der Waals surface area contributed by atoms with Gasteiger partial charge in [-0.3, -0.25) is 4.79 Å². The molecule has 0 aliphatic carbocycles. The largest absolute Gasteiger partial charge is 0.340 e. The van der Waals surface area contributed by atoms with Crippen molar-refractivity contribution in [1.29, 1.82) is 0 Å². The molecule has 1 aliphatic heterocycles. The molecule has 0 saturated carbocycles. The molecule has 2 heterocycles. The number of sulfonamides is 1. The summed E-state index contributed by atoms with van der Waals surface area (Å²) in [5.41, 5.74) is 1.01. The van der Waals surface area contributed by atoms with E-state index in [0.29, 0.717) is 37.2 Å². The van der Waals surface area contributed by atoms with E-state index in [0.717, 1.165) is 24.6 Å². The van der Waals surface area contributed by atoms with Crippen LogP contribution in [0, 0.1) is 5.92 Å². The first-order valence-corrected chi connectivity index (χ1v) is 10.7. The summed E-state index contributed by atoms with van der Waals surface area (Å²) in [5.74, 6) is 0.158.